The summed E-state index contributed by atoms with van der Waals surface area (Å²) in [6.45, 7) is 4.72. The number of benzene rings is 2. The van der Waals surface area contributed by atoms with Gasteiger partial charge in [-0.3, -0.25) is 4.98 Å². The Morgan fingerprint density at radius 3 is 1.50 bits per heavy atom. The second-order valence-corrected chi connectivity index (χ2v) is 21.2. The van der Waals surface area contributed by atoms with Crippen molar-refractivity contribution in [3.8, 4) is 23.5 Å². The van der Waals surface area contributed by atoms with Crippen LogP contribution in [-0.4, -0.2) is 77.5 Å². The molecule has 8 rings (SSSR count). The number of halogens is 9. The molecular weight excluding hydrogens is 1020 g/mol. The largest absolute Gasteiger partial charge is 0.507 e. The first kappa shape index (κ1) is 55.6. The van der Waals surface area contributed by atoms with Crippen LogP contribution in [0.4, 0.5) is 35.1 Å². The van der Waals surface area contributed by atoms with Crippen molar-refractivity contribution in [2.45, 2.75) is 125 Å². The predicted molar refractivity (Wildman–Crippen MR) is 252 cm³/mol. The van der Waals surface area contributed by atoms with Crippen molar-refractivity contribution >= 4 is 66.2 Å². The molecule has 0 unspecified atom stereocenters. The molecule has 0 radical (unpaired) electrons. The van der Waals surface area contributed by atoms with Gasteiger partial charge in [-0.15, -0.1) is 0 Å². The van der Waals surface area contributed by atoms with Crippen LogP contribution in [-0.2, 0) is 20.0 Å². The van der Waals surface area contributed by atoms with Crippen LogP contribution >= 0.6 is 11.6 Å². The highest BCUT2D eigenvalue weighted by molar-refractivity contribution is 7.89. The topological polar surface area (TPSA) is 216 Å². The molecule has 2 fully saturated rings. The van der Waals surface area contributed by atoms with Crippen molar-refractivity contribution in [3.63, 3.8) is 0 Å². The number of nitrogens with zero attached hydrogens (tertiary/aromatic N) is 6. The second kappa shape index (κ2) is 21.8. The molecule has 2 atom stereocenters. The fourth-order valence-corrected chi connectivity index (χ4v) is 11.1. The third-order valence-corrected chi connectivity index (χ3v) is 15.7. The van der Waals surface area contributed by atoms with Crippen LogP contribution in [0.15, 0.2) is 70.7 Å². The van der Waals surface area contributed by atoms with E-state index in [1.54, 1.807) is 30.7 Å². The molecule has 2 aromatic carbocycles. The third-order valence-electron chi connectivity index (χ3n) is 12.4. The quantitative estimate of drug-likeness (QED) is 0.0580. The summed E-state index contributed by atoms with van der Waals surface area (Å²) >= 11 is 5.43. The van der Waals surface area contributed by atoms with Gasteiger partial charge in [-0.05, 0) is 113 Å². The Balaban J connectivity index is 0.000000191. The van der Waals surface area contributed by atoms with E-state index in [0.717, 1.165) is 75.9 Å². The molecule has 2 saturated carbocycles. The lowest BCUT2D eigenvalue weighted by Gasteiger charge is -2.19. The molecule has 2 aliphatic rings. The minimum atomic E-state index is -4.74. The number of sulfonamides is 2. The highest BCUT2D eigenvalue weighted by Crippen LogP contribution is 2.42. The molecule has 0 aliphatic heterocycles. The summed E-state index contributed by atoms with van der Waals surface area (Å²) in [5.74, 6) is -0.833. The molecular formula is C46H46BClF8N8O6S2. The molecule has 14 nitrogen and oxygen atoms in total. The number of aryl methyl sites for hydroxylation is 2. The summed E-state index contributed by atoms with van der Waals surface area (Å²) in [6.07, 6.45) is 0.214. The van der Waals surface area contributed by atoms with Gasteiger partial charge in [-0.1, -0.05) is 37.3 Å². The number of aromatic nitrogens is 4. The van der Waals surface area contributed by atoms with E-state index < -0.39 is 62.3 Å². The normalized spacial score (nSPS) is 15.6. The van der Waals surface area contributed by atoms with Gasteiger partial charge in [0.2, 0.25) is 20.0 Å². The molecule has 4 aromatic heterocycles. The molecule has 0 bridgehead atoms. The van der Waals surface area contributed by atoms with E-state index in [0.29, 0.717) is 52.5 Å². The number of hydrogen-bond acceptors (Lipinski definition) is 10. The van der Waals surface area contributed by atoms with Crippen LogP contribution in [0.5, 0.6) is 0 Å². The third kappa shape index (κ3) is 12.1. The van der Waals surface area contributed by atoms with Gasteiger partial charge in [0.1, 0.15) is 50.8 Å². The van der Waals surface area contributed by atoms with Crippen LogP contribution in [0.3, 0.4) is 0 Å². The minimum absolute atomic E-state index is 0.0489. The number of hydrogen-bond donors (Lipinski definition) is 4. The molecule has 0 saturated heterocycles. The van der Waals surface area contributed by atoms with Gasteiger partial charge in [0.25, 0.3) is 0 Å². The molecule has 4 heterocycles. The van der Waals surface area contributed by atoms with E-state index in [1.165, 1.54) is 29.0 Å². The number of rotatable bonds is 10. The SMILES string of the molecule is C[C@@H](NS(=O)(=O)c1ccc(Cl)nc1)C(F)(F)F.Cc1cc2c(cc1F)c(C#N)c(-c1ccc(S(=O)(=O)N[C@H](C)C(F)(F)F)cn1)n2C1CCCC1.Cc1cc2c(cc1F)c(C#N)c(B(O)O)n2C1CCCC1. The monoisotopic (exact) mass is 1070 g/mol. The Morgan fingerprint density at radius 2 is 1.11 bits per heavy atom. The standard InChI is InChI=1S/C23H22F4N4O2S.C15H16BFN2O2.C8H8ClF3N2O2S/c1-13-9-21-17(10-19(13)24)18(11-28)22(31(21)15-5-3-4-6-15)20-8-7-16(12-29-20)34(32,33)30-14(2)23(25,26)27;1-9-6-14-11(7-13(9)17)12(8-18)15(16(20)21)19(14)10-4-2-3-5-10;1-5(8(10,11)12)14-17(15,16)6-2-3-7(9)13-4-6/h7-10,12,14-15,30H,3-6H2,1-2H3;6-7,10,20-21H,2-5H2,1H3;2-5,14H,1H3/t14-;;5-/m1.1/s1. The van der Waals surface area contributed by atoms with Crippen molar-refractivity contribution < 1.29 is 62.0 Å². The van der Waals surface area contributed by atoms with Crippen molar-refractivity contribution in [2.24, 2.45) is 0 Å². The Kier molecular flexibility index (Phi) is 16.9. The molecule has 0 spiro atoms. The zero-order valence-corrected chi connectivity index (χ0v) is 41.1. The fourth-order valence-electron chi connectivity index (χ4n) is 8.66. The molecule has 4 N–H and O–H groups in total. The van der Waals surface area contributed by atoms with Gasteiger partial charge in [-0.25, -0.2) is 30.6 Å². The van der Waals surface area contributed by atoms with Crippen LogP contribution in [0.1, 0.15) is 99.6 Å². The summed E-state index contributed by atoms with van der Waals surface area (Å²) < 4.78 is 158. The molecule has 6 aromatic rings. The van der Waals surface area contributed by atoms with E-state index in [1.807, 2.05) is 15.2 Å². The molecule has 0 amide bonds. The number of alkyl halides is 6. The van der Waals surface area contributed by atoms with E-state index in [4.69, 9.17) is 11.6 Å². The Hall–Kier alpha value is -5.67. The zero-order chi connectivity index (χ0) is 53.2. The number of pyridine rings is 2. The summed E-state index contributed by atoms with van der Waals surface area (Å²) in [5, 5.41) is 39.7. The fraction of sp³-hybridized carbons (Fsp3) is 0.391. The number of fused-ring (bicyclic) bond motifs is 2. The lowest BCUT2D eigenvalue weighted by molar-refractivity contribution is -0.147. The molecule has 384 valence electrons. The summed E-state index contributed by atoms with van der Waals surface area (Å²) in [7, 11) is -10.5. The van der Waals surface area contributed by atoms with Crippen LogP contribution in [0, 0.1) is 48.1 Å². The van der Waals surface area contributed by atoms with Crippen LogP contribution in [0.2, 0.25) is 5.15 Å². The Labute approximate surface area is 414 Å². The van der Waals surface area contributed by atoms with Crippen molar-refractivity contribution in [2.75, 3.05) is 0 Å². The first-order valence-corrected chi connectivity index (χ1v) is 25.6. The minimum Gasteiger partial charge on any atom is -0.422 e. The van der Waals surface area contributed by atoms with Crippen molar-refractivity contribution in [1.82, 2.24) is 28.5 Å². The molecule has 72 heavy (non-hydrogen) atoms. The first-order chi connectivity index (χ1) is 33.6. The van der Waals surface area contributed by atoms with Gasteiger partial charge in [0.15, 0.2) is 0 Å². The average molecular weight is 1070 g/mol. The van der Waals surface area contributed by atoms with Crippen molar-refractivity contribution in [3.05, 3.63) is 100.0 Å². The van der Waals surface area contributed by atoms with Gasteiger partial charge in [0.05, 0.1) is 33.6 Å². The van der Waals surface area contributed by atoms with E-state index in [2.05, 4.69) is 16.0 Å². The summed E-state index contributed by atoms with van der Waals surface area (Å²) in [4.78, 5) is 6.87. The highest BCUT2D eigenvalue weighted by atomic mass is 35.5. The summed E-state index contributed by atoms with van der Waals surface area (Å²) in [5.41, 5.74) is 3.60. The predicted octanol–water partition coefficient (Wildman–Crippen LogP) is 9.09. The second-order valence-electron chi connectivity index (χ2n) is 17.4. The number of nitrogens with one attached hydrogen (secondary N) is 2. The summed E-state index contributed by atoms with van der Waals surface area (Å²) in [6, 6.07) is 10.7. The van der Waals surface area contributed by atoms with E-state index >= 15 is 0 Å². The Bertz CT molecular complexity index is 3270. The highest BCUT2D eigenvalue weighted by Gasteiger charge is 2.40. The van der Waals surface area contributed by atoms with E-state index in [-0.39, 0.29) is 50.4 Å². The lowest BCUT2D eigenvalue weighted by Crippen LogP contribution is -2.42. The zero-order valence-electron chi connectivity index (χ0n) is 38.7. The Morgan fingerprint density at radius 1 is 0.694 bits per heavy atom. The van der Waals surface area contributed by atoms with Gasteiger partial charge < -0.3 is 19.2 Å². The van der Waals surface area contributed by atoms with Crippen LogP contribution in [0.25, 0.3) is 33.2 Å². The maximum absolute atomic E-state index is 14.4. The van der Waals surface area contributed by atoms with Crippen molar-refractivity contribution in [1.29, 1.82) is 10.5 Å². The van der Waals surface area contributed by atoms with E-state index in [9.17, 15) is 72.5 Å². The maximum atomic E-state index is 14.4. The maximum Gasteiger partial charge on any atom is 0.507 e. The van der Waals surface area contributed by atoms with Gasteiger partial charge in [-0.2, -0.15) is 46.3 Å². The molecule has 26 heteroatoms. The molecule has 2 aliphatic carbocycles. The first-order valence-electron chi connectivity index (χ1n) is 22.2. The smallest absolute Gasteiger partial charge is 0.422 e. The van der Waals surface area contributed by atoms with Gasteiger partial charge >= 0.3 is 19.5 Å². The van der Waals surface area contributed by atoms with Gasteiger partial charge in [0, 0.05) is 40.8 Å². The lowest BCUT2D eigenvalue weighted by atomic mass is 9.82. The van der Waals surface area contributed by atoms with Crippen LogP contribution < -0.4 is 15.0 Å². The number of nitriles is 2. The average Bonchev–Trinajstić information content (AvgIpc) is 4.13.